The number of amides is 1. The van der Waals surface area contributed by atoms with Gasteiger partial charge < -0.3 is 15.8 Å². The van der Waals surface area contributed by atoms with Crippen molar-refractivity contribution in [3.05, 3.63) is 47.0 Å². The fraction of sp³-hybridized carbons (Fsp3) is 0.312. The van der Waals surface area contributed by atoms with Gasteiger partial charge in [-0.2, -0.15) is 0 Å². The standard InChI is InChI=1S/C16H19N3O3S/c1-3-22-13(20)9-12-10-23-15(18-12)19-14(21)16(2,17)11-7-5-4-6-8-11/h4-8,10H,3,9,17H2,1-2H3,(H,18,19,21). The van der Waals surface area contributed by atoms with E-state index in [0.29, 0.717) is 23.0 Å². The van der Waals surface area contributed by atoms with E-state index in [1.807, 2.05) is 18.2 Å². The Labute approximate surface area is 138 Å². The molecule has 0 aliphatic rings. The van der Waals surface area contributed by atoms with Crippen molar-refractivity contribution in [3.8, 4) is 0 Å². The zero-order valence-corrected chi connectivity index (χ0v) is 13.9. The Kier molecular flexibility index (Phi) is 5.46. The van der Waals surface area contributed by atoms with E-state index in [2.05, 4.69) is 10.3 Å². The van der Waals surface area contributed by atoms with E-state index in [-0.39, 0.29) is 18.3 Å². The highest BCUT2D eigenvalue weighted by Crippen LogP contribution is 2.22. The molecule has 6 nitrogen and oxygen atoms in total. The quantitative estimate of drug-likeness (QED) is 0.789. The molecule has 0 aliphatic carbocycles. The van der Waals surface area contributed by atoms with Crippen LogP contribution in [0, 0.1) is 0 Å². The Hall–Kier alpha value is -2.25. The molecule has 0 radical (unpaired) electrons. The number of hydrogen-bond acceptors (Lipinski definition) is 6. The maximum Gasteiger partial charge on any atom is 0.311 e. The molecule has 122 valence electrons. The smallest absolute Gasteiger partial charge is 0.311 e. The lowest BCUT2D eigenvalue weighted by Gasteiger charge is -2.23. The van der Waals surface area contributed by atoms with Crippen molar-refractivity contribution < 1.29 is 14.3 Å². The van der Waals surface area contributed by atoms with Crippen LogP contribution in [0.15, 0.2) is 35.7 Å². The number of ether oxygens (including phenoxy) is 1. The number of thiazole rings is 1. The summed E-state index contributed by atoms with van der Waals surface area (Å²) in [6.45, 7) is 3.72. The molecule has 0 saturated carbocycles. The predicted octanol–water partition coefficient (Wildman–Crippen LogP) is 2.06. The van der Waals surface area contributed by atoms with Gasteiger partial charge in [0.15, 0.2) is 5.13 Å². The molecule has 0 spiro atoms. The fourth-order valence-electron chi connectivity index (χ4n) is 1.95. The van der Waals surface area contributed by atoms with Crippen LogP contribution in [0.1, 0.15) is 25.1 Å². The minimum atomic E-state index is -1.17. The second-order valence-corrected chi connectivity index (χ2v) is 6.01. The highest BCUT2D eigenvalue weighted by molar-refractivity contribution is 7.13. The summed E-state index contributed by atoms with van der Waals surface area (Å²) in [5.41, 5.74) is 6.24. The molecule has 0 bridgehead atoms. The molecule has 7 heteroatoms. The van der Waals surface area contributed by atoms with Crippen LogP contribution in [0.2, 0.25) is 0 Å². The summed E-state index contributed by atoms with van der Waals surface area (Å²) < 4.78 is 4.87. The van der Waals surface area contributed by atoms with Crippen LogP contribution in [0.4, 0.5) is 5.13 Å². The average molecular weight is 333 g/mol. The first-order chi connectivity index (χ1) is 10.9. The van der Waals surface area contributed by atoms with Gasteiger partial charge in [0.1, 0.15) is 5.54 Å². The molecule has 1 heterocycles. The number of nitrogens with zero attached hydrogens (tertiary/aromatic N) is 1. The summed E-state index contributed by atoms with van der Waals surface area (Å²) in [6.07, 6.45) is 0.0821. The Morgan fingerprint density at radius 3 is 2.70 bits per heavy atom. The third-order valence-electron chi connectivity index (χ3n) is 3.25. The summed E-state index contributed by atoms with van der Waals surface area (Å²) in [6, 6.07) is 9.12. The van der Waals surface area contributed by atoms with Crippen molar-refractivity contribution in [1.82, 2.24) is 4.98 Å². The molecule has 1 aromatic heterocycles. The van der Waals surface area contributed by atoms with Gasteiger partial charge in [0.05, 0.1) is 18.7 Å². The van der Waals surface area contributed by atoms with Crippen LogP contribution < -0.4 is 11.1 Å². The largest absolute Gasteiger partial charge is 0.466 e. The molecule has 1 aromatic carbocycles. The van der Waals surface area contributed by atoms with Gasteiger partial charge in [0, 0.05) is 5.38 Å². The van der Waals surface area contributed by atoms with E-state index < -0.39 is 5.54 Å². The molecular weight excluding hydrogens is 314 g/mol. The highest BCUT2D eigenvalue weighted by atomic mass is 32.1. The molecule has 0 fully saturated rings. The number of nitrogens with one attached hydrogen (secondary N) is 1. The molecule has 2 aromatic rings. The van der Waals surface area contributed by atoms with Crippen LogP contribution in [0.5, 0.6) is 0 Å². The van der Waals surface area contributed by atoms with E-state index in [1.165, 1.54) is 11.3 Å². The zero-order valence-electron chi connectivity index (χ0n) is 13.0. The van der Waals surface area contributed by atoms with Gasteiger partial charge in [-0.1, -0.05) is 30.3 Å². The van der Waals surface area contributed by atoms with Crippen LogP contribution in [-0.4, -0.2) is 23.5 Å². The normalized spacial score (nSPS) is 13.2. The first kappa shape index (κ1) is 17.1. The van der Waals surface area contributed by atoms with E-state index in [0.717, 1.165) is 0 Å². The molecule has 2 rings (SSSR count). The molecule has 1 atom stereocenters. The van der Waals surface area contributed by atoms with Crippen molar-refractivity contribution in [2.24, 2.45) is 5.73 Å². The number of esters is 1. The molecule has 0 aliphatic heterocycles. The second-order valence-electron chi connectivity index (χ2n) is 5.15. The summed E-state index contributed by atoms with van der Waals surface area (Å²) in [4.78, 5) is 28.0. The summed E-state index contributed by atoms with van der Waals surface area (Å²) in [7, 11) is 0. The second kappa shape index (κ2) is 7.34. The third kappa shape index (κ3) is 4.37. The maximum atomic E-state index is 12.4. The van der Waals surface area contributed by atoms with Gasteiger partial charge >= 0.3 is 5.97 Å². The molecular formula is C16H19N3O3S. The number of hydrogen-bond donors (Lipinski definition) is 2. The first-order valence-corrected chi connectivity index (χ1v) is 8.07. The van der Waals surface area contributed by atoms with E-state index in [4.69, 9.17) is 10.5 Å². The molecule has 3 N–H and O–H groups in total. The molecule has 1 amide bonds. The minimum absolute atomic E-state index is 0.0821. The number of carbonyl (C=O) groups is 2. The Morgan fingerprint density at radius 2 is 2.04 bits per heavy atom. The Balaban J connectivity index is 2.03. The lowest BCUT2D eigenvalue weighted by molar-refractivity contribution is -0.142. The number of rotatable bonds is 6. The summed E-state index contributed by atoms with van der Waals surface area (Å²) in [5, 5.41) is 4.81. The van der Waals surface area contributed by atoms with Gasteiger partial charge in [0.2, 0.25) is 0 Å². The molecule has 1 unspecified atom stereocenters. The Morgan fingerprint density at radius 1 is 1.35 bits per heavy atom. The summed E-state index contributed by atoms with van der Waals surface area (Å²) in [5.74, 6) is -0.704. The summed E-state index contributed by atoms with van der Waals surface area (Å²) >= 11 is 1.24. The number of anilines is 1. The molecule has 23 heavy (non-hydrogen) atoms. The minimum Gasteiger partial charge on any atom is -0.466 e. The van der Waals surface area contributed by atoms with E-state index in [9.17, 15) is 9.59 Å². The topological polar surface area (TPSA) is 94.3 Å². The van der Waals surface area contributed by atoms with Gasteiger partial charge in [-0.05, 0) is 19.4 Å². The number of carbonyl (C=O) groups excluding carboxylic acids is 2. The monoisotopic (exact) mass is 333 g/mol. The predicted molar refractivity (Wildman–Crippen MR) is 89.1 cm³/mol. The van der Waals surface area contributed by atoms with Gasteiger partial charge in [0.25, 0.3) is 5.91 Å². The number of benzene rings is 1. The number of aromatic nitrogens is 1. The van der Waals surface area contributed by atoms with Crippen LogP contribution in [0.3, 0.4) is 0 Å². The first-order valence-electron chi connectivity index (χ1n) is 7.19. The van der Waals surface area contributed by atoms with Crippen LogP contribution in [0.25, 0.3) is 0 Å². The van der Waals surface area contributed by atoms with Crippen molar-refractivity contribution >= 4 is 28.3 Å². The average Bonchev–Trinajstić information content (AvgIpc) is 2.95. The van der Waals surface area contributed by atoms with Gasteiger partial charge in [-0.15, -0.1) is 11.3 Å². The zero-order chi connectivity index (χ0) is 16.9. The third-order valence-corrected chi connectivity index (χ3v) is 4.05. The van der Waals surface area contributed by atoms with Gasteiger partial charge in [-0.25, -0.2) is 4.98 Å². The molecule has 0 saturated heterocycles. The van der Waals surface area contributed by atoms with Crippen LogP contribution in [-0.2, 0) is 26.3 Å². The SMILES string of the molecule is CCOC(=O)Cc1csc(NC(=O)C(C)(N)c2ccccc2)n1. The van der Waals surface area contributed by atoms with Crippen molar-refractivity contribution in [3.63, 3.8) is 0 Å². The van der Waals surface area contributed by atoms with Crippen molar-refractivity contribution in [1.29, 1.82) is 0 Å². The van der Waals surface area contributed by atoms with Crippen LogP contribution >= 0.6 is 11.3 Å². The van der Waals surface area contributed by atoms with Gasteiger partial charge in [-0.3, -0.25) is 9.59 Å². The fourth-order valence-corrected chi connectivity index (χ4v) is 2.65. The van der Waals surface area contributed by atoms with E-state index >= 15 is 0 Å². The number of nitrogens with two attached hydrogens (primary N) is 1. The Bertz CT molecular complexity index is 683. The van der Waals surface area contributed by atoms with E-state index in [1.54, 1.807) is 31.4 Å². The lowest BCUT2D eigenvalue weighted by atomic mass is 9.92. The lowest BCUT2D eigenvalue weighted by Crippen LogP contribution is -2.45. The maximum absolute atomic E-state index is 12.4. The van der Waals surface area contributed by atoms with Crippen molar-refractivity contribution in [2.45, 2.75) is 25.8 Å². The van der Waals surface area contributed by atoms with Crippen molar-refractivity contribution in [2.75, 3.05) is 11.9 Å². The highest BCUT2D eigenvalue weighted by Gasteiger charge is 2.31.